The summed E-state index contributed by atoms with van der Waals surface area (Å²) in [6.07, 6.45) is 1.70. The molecule has 2 aromatic carbocycles. The first kappa shape index (κ1) is 16.3. The van der Waals surface area contributed by atoms with Crippen LogP contribution in [-0.4, -0.2) is 11.9 Å². The van der Waals surface area contributed by atoms with E-state index in [0.717, 1.165) is 16.0 Å². The van der Waals surface area contributed by atoms with Gasteiger partial charge >= 0.3 is 5.97 Å². The maximum Gasteiger partial charge on any atom is 0.363 e. The van der Waals surface area contributed by atoms with Gasteiger partial charge in [0.1, 0.15) is 12.4 Å². The van der Waals surface area contributed by atoms with E-state index in [1.165, 1.54) is 11.3 Å². The summed E-state index contributed by atoms with van der Waals surface area (Å²) < 4.78 is 11.2. The Morgan fingerprint density at radius 3 is 2.62 bits per heavy atom. The van der Waals surface area contributed by atoms with Crippen LogP contribution in [0.1, 0.15) is 16.0 Å². The van der Waals surface area contributed by atoms with Crippen LogP contribution in [0.15, 0.2) is 82.8 Å². The molecule has 0 atom stereocenters. The van der Waals surface area contributed by atoms with Gasteiger partial charge in [0.25, 0.3) is 0 Å². The maximum absolute atomic E-state index is 12.1. The Kier molecular flexibility index (Phi) is 4.62. The zero-order chi connectivity index (χ0) is 17.8. The molecule has 4 nitrogen and oxygen atoms in total. The average molecular weight is 361 g/mol. The third kappa shape index (κ3) is 3.58. The van der Waals surface area contributed by atoms with E-state index in [2.05, 4.69) is 4.99 Å². The molecular weight excluding hydrogens is 346 g/mol. The molecule has 0 saturated heterocycles. The van der Waals surface area contributed by atoms with Crippen LogP contribution < -0.4 is 4.74 Å². The molecule has 2 heterocycles. The lowest BCUT2D eigenvalue weighted by Crippen LogP contribution is -2.03. The van der Waals surface area contributed by atoms with Crippen LogP contribution in [0, 0.1) is 0 Å². The molecule has 0 unspecified atom stereocenters. The maximum atomic E-state index is 12.1. The van der Waals surface area contributed by atoms with Crippen molar-refractivity contribution < 1.29 is 14.3 Å². The lowest BCUT2D eigenvalue weighted by Gasteiger charge is -2.09. The van der Waals surface area contributed by atoms with Gasteiger partial charge < -0.3 is 9.47 Å². The second-order valence-corrected chi connectivity index (χ2v) is 6.57. The number of rotatable bonds is 5. The van der Waals surface area contributed by atoms with Gasteiger partial charge in [-0.15, -0.1) is 11.3 Å². The van der Waals surface area contributed by atoms with E-state index in [-0.39, 0.29) is 5.70 Å². The normalized spacial score (nSPS) is 15.0. The number of cyclic esters (lactones) is 1. The molecule has 0 spiro atoms. The molecule has 5 heteroatoms. The van der Waals surface area contributed by atoms with E-state index in [4.69, 9.17) is 9.47 Å². The SMILES string of the molecule is O=C1OC(c2cccs2)=NC1=Cc1ccccc1OCc1ccccc1. The Morgan fingerprint density at radius 2 is 1.81 bits per heavy atom. The van der Waals surface area contributed by atoms with Gasteiger partial charge in [-0.3, -0.25) is 0 Å². The number of carbonyl (C=O) groups is 1. The molecule has 0 bridgehead atoms. The molecule has 1 aliphatic heterocycles. The summed E-state index contributed by atoms with van der Waals surface area (Å²) in [6, 6.07) is 21.3. The molecule has 0 fully saturated rings. The van der Waals surface area contributed by atoms with Gasteiger partial charge in [-0.2, -0.15) is 0 Å². The van der Waals surface area contributed by atoms with Crippen molar-refractivity contribution >= 4 is 29.3 Å². The number of thiophene rings is 1. The van der Waals surface area contributed by atoms with Crippen molar-refractivity contribution in [3.8, 4) is 5.75 Å². The fraction of sp³-hybridized carbons (Fsp3) is 0.0476. The smallest absolute Gasteiger partial charge is 0.363 e. The van der Waals surface area contributed by atoms with Crippen LogP contribution in [-0.2, 0) is 16.1 Å². The fourth-order valence-corrected chi connectivity index (χ4v) is 3.18. The highest BCUT2D eigenvalue weighted by Gasteiger charge is 2.25. The molecule has 0 N–H and O–H groups in total. The van der Waals surface area contributed by atoms with Crippen molar-refractivity contribution in [3.63, 3.8) is 0 Å². The predicted molar refractivity (Wildman–Crippen MR) is 102 cm³/mol. The van der Waals surface area contributed by atoms with E-state index in [9.17, 15) is 4.79 Å². The highest BCUT2D eigenvalue weighted by molar-refractivity contribution is 7.12. The van der Waals surface area contributed by atoms with Crippen molar-refractivity contribution in [3.05, 3.63) is 93.8 Å². The van der Waals surface area contributed by atoms with Crippen molar-refractivity contribution in [2.45, 2.75) is 6.61 Å². The largest absolute Gasteiger partial charge is 0.488 e. The van der Waals surface area contributed by atoms with Gasteiger partial charge in [0, 0.05) is 5.56 Å². The fourth-order valence-electron chi connectivity index (χ4n) is 2.53. The number of benzene rings is 2. The summed E-state index contributed by atoms with van der Waals surface area (Å²) in [6.45, 7) is 0.454. The molecular formula is C21H15NO3S. The highest BCUT2D eigenvalue weighted by atomic mass is 32.1. The molecule has 0 saturated carbocycles. The third-order valence-corrected chi connectivity index (χ3v) is 4.66. The van der Waals surface area contributed by atoms with Gasteiger partial charge in [-0.1, -0.05) is 54.6 Å². The summed E-state index contributed by atoms with van der Waals surface area (Å²) in [5.74, 6) is 0.585. The number of ether oxygens (including phenoxy) is 2. The highest BCUT2D eigenvalue weighted by Crippen LogP contribution is 2.26. The van der Waals surface area contributed by atoms with Crippen LogP contribution in [0.5, 0.6) is 5.75 Å². The minimum Gasteiger partial charge on any atom is -0.488 e. The van der Waals surface area contributed by atoms with Gasteiger partial charge in [-0.05, 0) is 29.2 Å². The first-order chi connectivity index (χ1) is 12.8. The molecule has 0 radical (unpaired) electrons. The van der Waals surface area contributed by atoms with E-state index >= 15 is 0 Å². The summed E-state index contributed by atoms with van der Waals surface area (Å²) in [4.78, 5) is 17.3. The van der Waals surface area contributed by atoms with E-state index in [1.807, 2.05) is 72.1 Å². The van der Waals surface area contributed by atoms with Gasteiger partial charge in [-0.25, -0.2) is 9.79 Å². The van der Waals surface area contributed by atoms with Crippen LogP contribution >= 0.6 is 11.3 Å². The molecule has 0 aliphatic carbocycles. The number of hydrogen-bond acceptors (Lipinski definition) is 5. The number of hydrogen-bond donors (Lipinski definition) is 0. The molecule has 0 amide bonds. The lowest BCUT2D eigenvalue weighted by molar-refractivity contribution is -0.129. The molecule has 4 rings (SSSR count). The van der Waals surface area contributed by atoms with E-state index < -0.39 is 5.97 Å². The molecule has 1 aromatic heterocycles. The van der Waals surface area contributed by atoms with Crippen LogP contribution in [0.4, 0.5) is 0 Å². The number of esters is 1. The standard InChI is InChI=1S/C21H15NO3S/c23-21-17(22-20(25-21)19-11-6-12-26-19)13-16-9-4-5-10-18(16)24-14-15-7-2-1-3-8-15/h1-13H,14H2. The molecule has 3 aromatic rings. The predicted octanol–water partition coefficient (Wildman–Crippen LogP) is 4.67. The Labute approximate surface area is 155 Å². The Morgan fingerprint density at radius 1 is 1.00 bits per heavy atom. The van der Waals surface area contributed by atoms with Crippen molar-refractivity contribution in [2.24, 2.45) is 4.99 Å². The number of aliphatic imine (C=N–C) groups is 1. The Balaban J connectivity index is 1.58. The summed E-state index contributed by atoms with van der Waals surface area (Å²) in [5.41, 5.74) is 2.13. The minimum atomic E-state index is -0.453. The van der Waals surface area contributed by atoms with Crippen LogP contribution in [0.25, 0.3) is 6.08 Å². The van der Waals surface area contributed by atoms with Crippen molar-refractivity contribution in [2.75, 3.05) is 0 Å². The van der Waals surface area contributed by atoms with Crippen molar-refractivity contribution in [1.29, 1.82) is 0 Å². The minimum absolute atomic E-state index is 0.268. The van der Waals surface area contributed by atoms with Crippen LogP contribution in [0.2, 0.25) is 0 Å². The second kappa shape index (κ2) is 7.37. The number of nitrogens with zero attached hydrogens (tertiary/aromatic N) is 1. The number of para-hydroxylation sites is 1. The average Bonchev–Trinajstić information content (AvgIpc) is 3.32. The van der Waals surface area contributed by atoms with Crippen molar-refractivity contribution in [1.82, 2.24) is 0 Å². The van der Waals surface area contributed by atoms with E-state index in [0.29, 0.717) is 18.3 Å². The summed E-state index contributed by atoms with van der Waals surface area (Å²) in [7, 11) is 0. The lowest BCUT2D eigenvalue weighted by atomic mass is 10.1. The first-order valence-electron chi connectivity index (χ1n) is 8.12. The molecule has 1 aliphatic rings. The molecule has 26 heavy (non-hydrogen) atoms. The molecule has 128 valence electrons. The number of carbonyl (C=O) groups excluding carboxylic acids is 1. The summed E-state index contributed by atoms with van der Waals surface area (Å²) >= 11 is 1.48. The second-order valence-electron chi connectivity index (χ2n) is 5.63. The Hall–Kier alpha value is -3.18. The van der Waals surface area contributed by atoms with Crippen LogP contribution in [0.3, 0.4) is 0 Å². The topological polar surface area (TPSA) is 47.9 Å². The third-order valence-electron chi connectivity index (χ3n) is 3.80. The zero-order valence-corrected chi connectivity index (χ0v) is 14.6. The summed E-state index contributed by atoms with van der Waals surface area (Å²) in [5, 5.41) is 1.92. The van der Waals surface area contributed by atoms with Gasteiger partial charge in [0.05, 0.1) is 4.88 Å². The monoisotopic (exact) mass is 361 g/mol. The first-order valence-corrected chi connectivity index (χ1v) is 9.00. The van der Waals surface area contributed by atoms with Gasteiger partial charge in [0.15, 0.2) is 5.70 Å². The quantitative estimate of drug-likeness (QED) is 0.490. The zero-order valence-electron chi connectivity index (χ0n) is 13.8. The van der Waals surface area contributed by atoms with Gasteiger partial charge in [0.2, 0.25) is 5.90 Å². The van der Waals surface area contributed by atoms with E-state index in [1.54, 1.807) is 6.08 Å². The Bertz CT molecular complexity index is 976.